The van der Waals surface area contributed by atoms with Gasteiger partial charge in [0.05, 0.1) is 16.2 Å². The molecule has 2 aromatic rings. The number of nitrogens with zero attached hydrogens (tertiary/aromatic N) is 5. The fourth-order valence-corrected chi connectivity index (χ4v) is 2.27. The third-order valence-electron chi connectivity index (χ3n) is 2.71. The van der Waals surface area contributed by atoms with Crippen molar-refractivity contribution >= 4 is 29.0 Å². The third kappa shape index (κ3) is 4.18. The average molecular weight is 362 g/mol. The molecule has 0 spiro atoms. The summed E-state index contributed by atoms with van der Waals surface area (Å²) in [7, 11) is 1.56. The summed E-state index contributed by atoms with van der Waals surface area (Å²) in [4.78, 5) is 21.7. The van der Waals surface area contributed by atoms with Crippen LogP contribution in [-0.4, -0.2) is 36.8 Å². The Morgan fingerprint density at radius 2 is 2.17 bits per heavy atom. The summed E-state index contributed by atoms with van der Waals surface area (Å²) in [6, 6.07) is 1.87. The predicted octanol–water partition coefficient (Wildman–Crippen LogP) is 1.87. The van der Waals surface area contributed by atoms with Crippen molar-refractivity contribution < 1.29 is 22.9 Å². The topological polar surface area (TPSA) is 116 Å². The second-order valence-corrected chi connectivity index (χ2v) is 5.35. The van der Waals surface area contributed by atoms with Crippen LogP contribution in [0.15, 0.2) is 23.4 Å². The first kappa shape index (κ1) is 17.7. The molecule has 1 aromatic carbocycles. The summed E-state index contributed by atoms with van der Waals surface area (Å²) in [5, 5.41) is 24.0. The second kappa shape index (κ2) is 6.82. The van der Waals surface area contributed by atoms with E-state index in [4.69, 9.17) is 0 Å². The van der Waals surface area contributed by atoms with Crippen LogP contribution in [0, 0.1) is 10.1 Å². The number of nitrogens with one attached hydrogen (secondary N) is 1. The first-order valence-electron chi connectivity index (χ1n) is 6.19. The number of aryl methyl sites for hydroxylation is 1. The van der Waals surface area contributed by atoms with Crippen molar-refractivity contribution in [3.63, 3.8) is 0 Å². The van der Waals surface area contributed by atoms with Crippen LogP contribution in [0.4, 0.5) is 24.5 Å². The summed E-state index contributed by atoms with van der Waals surface area (Å²) >= 11 is 0.968. The van der Waals surface area contributed by atoms with Gasteiger partial charge in [0, 0.05) is 13.1 Å². The highest BCUT2D eigenvalue weighted by Gasteiger charge is 2.33. The average Bonchev–Trinajstić information content (AvgIpc) is 2.89. The number of hydrogen-bond acceptors (Lipinski definition) is 7. The molecule has 9 nitrogen and oxygen atoms in total. The highest BCUT2D eigenvalue weighted by atomic mass is 32.2. The van der Waals surface area contributed by atoms with Crippen molar-refractivity contribution in [2.45, 2.75) is 11.3 Å². The van der Waals surface area contributed by atoms with Crippen molar-refractivity contribution in [2.24, 2.45) is 7.05 Å². The van der Waals surface area contributed by atoms with E-state index in [1.165, 1.54) is 4.68 Å². The Morgan fingerprint density at radius 1 is 1.46 bits per heavy atom. The number of carbonyl (C=O) groups is 1. The number of aromatic nitrogens is 4. The van der Waals surface area contributed by atoms with E-state index in [0.29, 0.717) is 17.3 Å². The van der Waals surface area contributed by atoms with E-state index < -0.39 is 28.3 Å². The van der Waals surface area contributed by atoms with E-state index in [-0.39, 0.29) is 11.4 Å². The molecule has 0 saturated carbocycles. The maximum atomic E-state index is 12.6. The minimum Gasteiger partial charge on any atom is -0.320 e. The summed E-state index contributed by atoms with van der Waals surface area (Å²) in [6.07, 6.45) is -4.72. The van der Waals surface area contributed by atoms with E-state index in [9.17, 15) is 28.1 Å². The zero-order chi connectivity index (χ0) is 17.9. The zero-order valence-electron chi connectivity index (χ0n) is 11.9. The van der Waals surface area contributed by atoms with Crippen LogP contribution >= 0.6 is 11.8 Å². The number of carbonyl (C=O) groups excluding carboxylic acids is 1. The number of alkyl halides is 3. The lowest BCUT2D eigenvalue weighted by atomic mass is 10.1. The molecule has 128 valence electrons. The fourth-order valence-electron chi connectivity index (χ4n) is 1.62. The minimum atomic E-state index is -4.72. The molecule has 1 N–H and O–H groups in total. The van der Waals surface area contributed by atoms with Gasteiger partial charge < -0.3 is 5.32 Å². The molecule has 0 saturated heterocycles. The molecule has 1 aromatic heterocycles. The molecule has 0 aliphatic heterocycles. The van der Waals surface area contributed by atoms with Gasteiger partial charge in [-0.1, -0.05) is 11.8 Å². The van der Waals surface area contributed by atoms with Gasteiger partial charge in [-0.2, -0.15) is 13.2 Å². The van der Waals surface area contributed by atoms with Crippen LogP contribution in [0.3, 0.4) is 0 Å². The summed E-state index contributed by atoms with van der Waals surface area (Å²) < 4.78 is 39.1. The molecule has 2 rings (SSSR count). The van der Waals surface area contributed by atoms with E-state index in [1.54, 1.807) is 7.05 Å². The predicted molar refractivity (Wildman–Crippen MR) is 76.3 cm³/mol. The lowest BCUT2D eigenvalue weighted by molar-refractivity contribution is -0.384. The van der Waals surface area contributed by atoms with Crippen molar-refractivity contribution in [1.29, 1.82) is 0 Å². The lowest BCUT2D eigenvalue weighted by Crippen LogP contribution is -2.16. The fraction of sp³-hybridized carbons (Fsp3) is 0.273. The number of thioether (sulfide) groups is 1. The van der Waals surface area contributed by atoms with E-state index >= 15 is 0 Å². The van der Waals surface area contributed by atoms with Crippen molar-refractivity contribution in [3.8, 4) is 0 Å². The summed E-state index contributed by atoms with van der Waals surface area (Å²) in [5.41, 5.74) is -2.34. The van der Waals surface area contributed by atoms with Crippen LogP contribution in [0.1, 0.15) is 5.56 Å². The van der Waals surface area contributed by atoms with Gasteiger partial charge >= 0.3 is 6.18 Å². The Labute approximate surface area is 136 Å². The van der Waals surface area contributed by atoms with Crippen LogP contribution < -0.4 is 5.32 Å². The van der Waals surface area contributed by atoms with Crippen LogP contribution in [-0.2, 0) is 18.0 Å². The number of anilines is 1. The van der Waals surface area contributed by atoms with Crippen molar-refractivity contribution in [2.75, 3.05) is 11.1 Å². The zero-order valence-corrected chi connectivity index (χ0v) is 12.8. The number of amides is 1. The molecular weight excluding hydrogens is 353 g/mol. The molecule has 24 heavy (non-hydrogen) atoms. The Morgan fingerprint density at radius 3 is 2.71 bits per heavy atom. The lowest BCUT2D eigenvalue weighted by Gasteiger charge is -2.09. The Hall–Kier alpha value is -2.70. The maximum Gasteiger partial charge on any atom is 0.416 e. The van der Waals surface area contributed by atoms with Gasteiger partial charge in [-0.25, -0.2) is 4.68 Å². The number of hydrogen-bond donors (Lipinski definition) is 1. The quantitative estimate of drug-likeness (QED) is 0.490. The Bertz CT molecular complexity index is 779. The molecule has 0 aliphatic carbocycles. The number of rotatable bonds is 5. The molecule has 1 heterocycles. The number of nitro groups is 1. The van der Waals surface area contributed by atoms with Gasteiger partial charge in [-0.3, -0.25) is 14.9 Å². The molecule has 13 heteroatoms. The Kier molecular flexibility index (Phi) is 5.02. The van der Waals surface area contributed by atoms with Gasteiger partial charge in [-0.15, -0.1) is 5.10 Å². The van der Waals surface area contributed by atoms with Gasteiger partial charge in [-0.05, 0) is 22.6 Å². The number of benzene rings is 1. The molecule has 0 unspecified atom stereocenters. The SMILES string of the molecule is Cn1nnnc1SCC(=O)Nc1ccc(C(F)(F)F)cc1[N+](=O)[O-]. The number of halogens is 3. The highest BCUT2D eigenvalue weighted by molar-refractivity contribution is 7.99. The maximum absolute atomic E-state index is 12.6. The molecule has 1 amide bonds. The molecular formula is C11H9F3N6O3S. The number of nitro benzene ring substituents is 1. The molecule has 0 atom stereocenters. The first-order chi connectivity index (χ1) is 11.2. The Balaban J connectivity index is 2.12. The van der Waals surface area contributed by atoms with E-state index in [1.807, 2.05) is 0 Å². The molecule has 0 aliphatic rings. The van der Waals surface area contributed by atoms with Gasteiger partial charge in [0.25, 0.3) is 5.69 Å². The van der Waals surface area contributed by atoms with Crippen LogP contribution in [0.5, 0.6) is 0 Å². The molecule has 0 radical (unpaired) electrons. The summed E-state index contributed by atoms with van der Waals surface area (Å²) in [5.74, 6) is -0.822. The monoisotopic (exact) mass is 362 g/mol. The largest absolute Gasteiger partial charge is 0.416 e. The third-order valence-corrected chi connectivity index (χ3v) is 3.72. The highest BCUT2D eigenvalue weighted by Crippen LogP contribution is 2.35. The minimum absolute atomic E-state index is 0.174. The normalized spacial score (nSPS) is 11.3. The van der Waals surface area contributed by atoms with Gasteiger partial charge in [0.1, 0.15) is 5.69 Å². The van der Waals surface area contributed by atoms with Crippen molar-refractivity contribution in [1.82, 2.24) is 20.2 Å². The summed E-state index contributed by atoms with van der Waals surface area (Å²) in [6.45, 7) is 0. The standard InChI is InChI=1S/C11H9F3N6O3S/c1-19-10(16-17-18-19)24-5-9(21)15-7-3-2-6(11(12,13)14)4-8(7)20(22)23/h2-4H,5H2,1H3,(H,15,21). The van der Waals surface area contributed by atoms with Crippen LogP contribution in [0.2, 0.25) is 0 Å². The second-order valence-electron chi connectivity index (χ2n) is 4.41. The number of tetrazole rings is 1. The van der Waals surface area contributed by atoms with Crippen molar-refractivity contribution in [3.05, 3.63) is 33.9 Å². The first-order valence-corrected chi connectivity index (χ1v) is 7.17. The van der Waals surface area contributed by atoms with Gasteiger partial charge in [0.2, 0.25) is 11.1 Å². The molecule has 0 fully saturated rings. The van der Waals surface area contributed by atoms with E-state index in [2.05, 4.69) is 20.8 Å². The van der Waals surface area contributed by atoms with E-state index in [0.717, 1.165) is 17.8 Å². The van der Waals surface area contributed by atoms with Gasteiger partial charge in [0.15, 0.2) is 0 Å². The molecule has 0 bridgehead atoms. The van der Waals surface area contributed by atoms with Crippen LogP contribution in [0.25, 0.3) is 0 Å². The smallest absolute Gasteiger partial charge is 0.320 e.